The van der Waals surface area contributed by atoms with Gasteiger partial charge in [-0.1, -0.05) is 30.3 Å². The molecule has 136 valence electrons. The number of hydrogen-bond donors (Lipinski definition) is 0. The Morgan fingerprint density at radius 3 is 2.73 bits per heavy atom. The van der Waals surface area contributed by atoms with Crippen molar-refractivity contribution in [3.8, 4) is 0 Å². The van der Waals surface area contributed by atoms with Gasteiger partial charge in [0.1, 0.15) is 10.7 Å². The van der Waals surface area contributed by atoms with Crippen molar-refractivity contribution in [3.63, 3.8) is 0 Å². The fourth-order valence-corrected chi connectivity index (χ4v) is 4.51. The lowest BCUT2D eigenvalue weighted by Gasteiger charge is -2.23. The number of hydrogen-bond acceptors (Lipinski definition) is 5. The predicted molar refractivity (Wildman–Crippen MR) is 94.9 cm³/mol. The molecule has 1 aliphatic heterocycles. The van der Waals surface area contributed by atoms with Crippen molar-refractivity contribution in [2.45, 2.75) is 30.7 Å². The summed E-state index contributed by atoms with van der Waals surface area (Å²) in [7, 11) is -1.86. The van der Waals surface area contributed by atoms with Gasteiger partial charge in [-0.15, -0.1) is 0 Å². The summed E-state index contributed by atoms with van der Waals surface area (Å²) in [4.78, 5) is 4.74. The number of benzene rings is 1. The van der Waals surface area contributed by atoms with Gasteiger partial charge in [-0.2, -0.15) is 9.40 Å². The Hall–Kier alpha value is -2.45. The molecule has 2 aromatic heterocycles. The Morgan fingerprint density at radius 1 is 1.19 bits per heavy atom. The molecule has 0 saturated carbocycles. The fourth-order valence-electron chi connectivity index (χ4n) is 3.12. The molecule has 0 fully saturated rings. The third-order valence-corrected chi connectivity index (χ3v) is 6.32. The highest BCUT2D eigenvalue weighted by molar-refractivity contribution is 7.89. The van der Waals surface area contributed by atoms with E-state index in [0.717, 1.165) is 12.2 Å². The second kappa shape index (κ2) is 6.69. The lowest BCUT2D eigenvalue weighted by molar-refractivity contribution is 0.356. The van der Waals surface area contributed by atoms with Gasteiger partial charge in [0.2, 0.25) is 10.0 Å². The van der Waals surface area contributed by atoms with E-state index in [4.69, 9.17) is 4.42 Å². The first kappa shape index (κ1) is 17.0. The average Bonchev–Trinajstić information content (AvgIpc) is 3.26. The maximum Gasteiger partial charge on any atom is 0.246 e. The number of oxazole rings is 1. The van der Waals surface area contributed by atoms with Gasteiger partial charge in [0.25, 0.3) is 0 Å². The highest BCUT2D eigenvalue weighted by atomic mass is 32.2. The molecule has 26 heavy (non-hydrogen) atoms. The quantitative estimate of drug-likeness (QED) is 0.684. The first-order valence-electron chi connectivity index (χ1n) is 8.52. The Bertz CT molecular complexity index is 1010. The summed E-state index contributed by atoms with van der Waals surface area (Å²) in [5.74, 6) is 1.46. The van der Waals surface area contributed by atoms with Crippen LogP contribution in [0, 0.1) is 0 Å². The number of aromatic nitrogens is 3. The van der Waals surface area contributed by atoms with Gasteiger partial charge < -0.3 is 4.42 Å². The van der Waals surface area contributed by atoms with Gasteiger partial charge in [-0.3, -0.25) is 4.68 Å². The lowest BCUT2D eigenvalue weighted by atomic mass is 10.1. The number of sulfonamides is 1. The van der Waals surface area contributed by atoms with Crippen LogP contribution >= 0.6 is 0 Å². The molecule has 0 aliphatic carbocycles. The minimum atomic E-state index is -3.56. The molecule has 8 heteroatoms. The number of aryl methyl sites for hydroxylation is 3. The number of rotatable bonds is 5. The minimum absolute atomic E-state index is 0.205. The zero-order valence-electron chi connectivity index (χ0n) is 14.5. The van der Waals surface area contributed by atoms with Gasteiger partial charge >= 0.3 is 0 Å². The Labute approximate surface area is 152 Å². The van der Waals surface area contributed by atoms with E-state index in [1.54, 1.807) is 7.05 Å². The van der Waals surface area contributed by atoms with Crippen LogP contribution in [0.3, 0.4) is 0 Å². The molecule has 0 radical (unpaired) electrons. The molecule has 0 bridgehead atoms. The summed E-state index contributed by atoms with van der Waals surface area (Å²) in [5, 5.41) is 3.96. The summed E-state index contributed by atoms with van der Waals surface area (Å²) < 4.78 is 34.3. The number of fused-ring (bicyclic) bond motifs is 1. The van der Waals surface area contributed by atoms with E-state index in [0.29, 0.717) is 31.0 Å². The van der Waals surface area contributed by atoms with Gasteiger partial charge in [-0.05, 0) is 12.0 Å². The van der Waals surface area contributed by atoms with E-state index in [1.807, 2.05) is 18.2 Å². The Morgan fingerprint density at radius 2 is 2.00 bits per heavy atom. The normalized spacial score (nSPS) is 15.1. The summed E-state index contributed by atoms with van der Waals surface area (Å²) in [6, 6.07) is 10.2. The maximum absolute atomic E-state index is 12.7. The van der Waals surface area contributed by atoms with Crippen molar-refractivity contribution in [3.05, 3.63) is 65.6 Å². The molecule has 3 heterocycles. The second-order valence-corrected chi connectivity index (χ2v) is 8.34. The van der Waals surface area contributed by atoms with E-state index in [1.165, 1.54) is 26.9 Å². The van der Waals surface area contributed by atoms with E-state index >= 15 is 0 Å². The lowest BCUT2D eigenvalue weighted by Crippen LogP contribution is -2.35. The van der Waals surface area contributed by atoms with Crippen LogP contribution in [-0.2, 0) is 42.9 Å². The van der Waals surface area contributed by atoms with E-state index in [9.17, 15) is 8.42 Å². The molecule has 0 unspecified atom stereocenters. The van der Waals surface area contributed by atoms with Crippen LogP contribution in [0.4, 0.5) is 0 Å². The largest absolute Gasteiger partial charge is 0.445 e. The molecule has 1 aromatic carbocycles. The van der Waals surface area contributed by atoms with Crippen LogP contribution in [0.1, 0.15) is 22.9 Å². The van der Waals surface area contributed by atoms with Gasteiger partial charge in [0.05, 0.1) is 18.4 Å². The molecule has 0 saturated heterocycles. The standard InChI is InChI=1S/C18H20N4O3S/c1-21-12-15(11-19-21)26(23,24)22-10-9-17-16(13-22)20-18(25-17)8-7-14-5-3-2-4-6-14/h2-6,11-12H,7-10,13H2,1H3. The average molecular weight is 372 g/mol. The van der Waals surface area contributed by atoms with Crippen LogP contribution in [-0.4, -0.2) is 34.0 Å². The van der Waals surface area contributed by atoms with Gasteiger partial charge in [0, 0.05) is 32.6 Å². The first-order chi connectivity index (χ1) is 12.5. The van der Waals surface area contributed by atoms with Crippen molar-refractivity contribution in [2.75, 3.05) is 6.54 Å². The van der Waals surface area contributed by atoms with Crippen LogP contribution in [0.5, 0.6) is 0 Å². The smallest absolute Gasteiger partial charge is 0.246 e. The highest BCUT2D eigenvalue weighted by Gasteiger charge is 2.32. The molecule has 1 aliphatic rings. The first-order valence-corrected chi connectivity index (χ1v) is 9.96. The Balaban J connectivity index is 1.48. The third kappa shape index (κ3) is 3.30. The molecular weight excluding hydrogens is 352 g/mol. The van der Waals surface area contributed by atoms with Crippen LogP contribution < -0.4 is 0 Å². The monoisotopic (exact) mass is 372 g/mol. The number of nitrogens with zero attached hydrogens (tertiary/aromatic N) is 4. The van der Waals surface area contributed by atoms with Crippen LogP contribution in [0.2, 0.25) is 0 Å². The second-order valence-electron chi connectivity index (χ2n) is 6.40. The van der Waals surface area contributed by atoms with Crippen molar-refractivity contribution >= 4 is 10.0 Å². The molecule has 3 aromatic rings. The summed E-state index contributed by atoms with van der Waals surface area (Å²) in [5.41, 5.74) is 1.94. The molecule has 0 amide bonds. The van der Waals surface area contributed by atoms with Gasteiger partial charge in [-0.25, -0.2) is 13.4 Å². The molecule has 7 nitrogen and oxygen atoms in total. The maximum atomic E-state index is 12.7. The third-order valence-electron chi connectivity index (χ3n) is 4.53. The highest BCUT2D eigenvalue weighted by Crippen LogP contribution is 2.25. The Kier molecular flexibility index (Phi) is 4.37. The van der Waals surface area contributed by atoms with Crippen molar-refractivity contribution < 1.29 is 12.8 Å². The predicted octanol–water partition coefficient (Wildman–Crippen LogP) is 1.94. The van der Waals surface area contributed by atoms with Crippen LogP contribution in [0.15, 0.2) is 52.0 Å². The molecule has 0 N–H and O–H groups in total. The van der Waals surface area contributed by atoms with E-state index in [2.05, 4.69) is 22.2 Å². The summed E-state index contributed by atoms with van der Waals surface area (Å²) in [6.07, 6.45) is 4.97. The topological polar surface area (TPSA) is 81.2 Å². The zero-order chi connectivity index (χ0) is 18.1. The van der Waals surface area contributed by atoms with Gasteiger partial charge in [0.15, 0.2) is 5.89 Å². The summed E-state index contributed by atoms with van der Waals surface area (Å²) in [6.45, 7) is 0.624. The molecule has 0 atom stereocenters. The van der Waals surface area contributed by atoms with Crippen LogP contribution in [0.25, 0.3) is 0 Å². The molecule has 0 spiro atoms. The SMILES string of the molecule is Cn1cc(S(=O)(=O)N2CCc3oc(CCc4ccccc4)nc3C2)cn1. The summed E-state index contributed by atoms with van der Waals surface area (Å²) >= 11 is 0. The molecular formula is C18H20N4O3S. The van der Waals surface area contributed by atoms with Crippen molar-refractivity contribution in [1.29, 1.82) is 0 Å². The van der Waals surface area contributed by atoms with E-state index < -0.39 is 10.0 Å². The minimum Gasteiger partial charge on any atom is -0.445 e. The van der Waals surface area contributed by atoms with Crippen molar-refractivity contribution in [1.82, 2.24) is 19.1 Å². The van der Waals surface area contributed by atoms with E-state index in [-0.39, 0.29) is 11.4 Å². The van der Waals surface area contributed by atoms with Crippen molar-refractivity contribution in [2.24, 2.45) is 7.05 Å². The zero-order valence-corrected chi connectivity index (χ0v) is 15.3. The molecule has 4 rings (SSSR count). The fraction of sp³-hybridized carbons (Fsp3) is 0.333.